The molecule has 0 saturated carbocycles. The van der Waals surface area contributed by atoms with E-state index in [-0.39, 0.29) is 12.1 Å². The number of rotatable bonds is 1. The molecule has 5 heteroatoms. The van der Waals surface area contributed by atoms with E-state index in [2.05, 4.69) is 23.3 Å². The zero-order valence-corrected chi connectivity index (χ0v) is 13.1. The molecule has 0 aliphatic carbocycles. The minimum atomic E-state index is -0.203. The van der Waals surface area contributed by atoms with Gasteiger partial charge in [0, 0.05) is 17.8 Å². The van der Waals surface area contributed by atoms with Gasteiger partial charge >= 0.3 is 0 Å². The van der Waals surface area contributed by atoms with Crippen LogP contribution in [0.2, 0.25) is 5.02 Å². The van der Waals surface area contributed by atoms with Gasteiger partial charge in [0.15, 0.2) is 17.6 Å². The third-order valence-corrected chi connectivity index (χ3v) is 4.48. The van der Waals surface area contributed by atoms with Gasteiger partial charge in [-0.25, -0.2) is 0 Å². The van der Waals surface area contributed by atoms with E-state index in [0.29, 0.717) is 11.6 Å². The van der Waals surface area contributed by atoms with Crippen LogP contribution in [0, 0.1) is 0 Å². The van der Waals surface area contributed by atoms with Gasteiger partial charge in [-0.05, 0) is 43.7 Å². The van der Waals surface area contributed by atoms with E-state index in [1.165, 1.54) is 11.1 Å². The third kappa shape index (κ3) is 2.32. The molecular formula is C17H17ClN2O2. The quantitative estimate of drug-likeness (QED) is 0.875. The van der Waals surface area contributed by atoms with Crippen molar-refractivity contribution >= 4 is 11.6 Å². The van der Waals surface area contributed by atoms with Gasteiger partial charge in [-0.3, -0.25) is 4.98 Å². The Morgan fingerprint density at radius 3 is 3.00 bits per heavy atom. The lowest BCUT2D eigenvalue weighted by Gasteiger charge is -2.32. The fraction of sp³-hybridized carbons (Fsp3) is 0.353. The largest absolute Gasteiger partial charge is 0.485 e. The minimum Gasteiger partial charge on any atom is -0.485 e. The molecular weight excluding hydrogens is 300 g/mol. The molecule has 2 aliphatic heterocycles. The van der Waals surface area contributed by atoms with Gasteiger partial charge < -0.3 is 14.8 Å². The summed E-state index contributed by atoms with van der Waals surface area (Å²) in [5, 5.41) is 4.10. The lowest BCUT2D eigenvalue weighted by molar-refractivity contribution is 0.0858. The summed E-state index contributed by atoms with van der Waals surface area (Å²) in [5.41, 5.74) is 3.38. The van der Waals surface area contributed by atoms with Crippen LogP contribution in [-0.2, 0) is 6.42 Å². The minimum absolute atomic E-state index is 0.203. The summed E-state index contributed by atoms with van der Waals surface area (Å²) in [6.07, 6.45) is 2.45. The number of ether oxygens (including phenoxy) is 2. The zero-order chi connectivity index (χ0) is 15.1. The number of halogens is 1. The number of nitrogens with one attached hydrogen (secondary N) is 1. The molecule has 0 radical (unpaired) electrons. The molecule has 2 aromatic rings. The molecule has 4 rings (SSSR count). The fourth-order valence-corrected chi connectivity index (χ4v) is 3.25. The van der Waals surface area contributed by atoms with Gasteiger partial charge in [-0.2, -0.15) is 0 Å². The molecule has 2 atom stereocenters. The first-order valence-electron chi connectivity index (χ1n) is 7.52. The van der Waals surface area contributed by atoms with Crippen LogP contribution in [0.1, 0.15) is 35.9 Å². The van der Waals surface area contributed by atoms with Crippen LogP contribution in [0.15, 0.2) is 30.5 Å². The molecule has 3 heterocycles. The molecule has 0 spiro atoms. The van der Waals surface area contributed by atoms with E-state index >= 15 is 0 Å². The lowest BCUT2D eigenvalue weighted by Crippen LogP contribution is -2.30. The second-order valence-electron chi connectivity index (χ2n) is 5.71. The van der Waals surface area contributed by atoms with E-state index < -0.39 is 0 Å². The van der Waals surface area contributed by atoms with Crippen molar-refractivity contribution in [2.45, 2.75) is 25.5 Å². The molecule has 114 valence electrons. The first-order valence-corrected chi connectivity index (χ1v) is 7.90. The highest BCUT2D eigenvalue weighted by Crippen LogP contribution is 2.44. The highest BCUT2D eigenvalue weighted by Gasteiger charge is 2.30. The molecule has 1 N–H and O–H groups in total. The first kappa shape index (κ1) is 13.9. The van der Waals surface area contributed by atoms with Crippen LogP contribution in [0.5, 0.6) is 11.5 Å². The van der Waals surface area contributed by atoms with Crippen LogP contribution in [0.4, 0.5) is 0 Å². The molecule has 22 heavy (non-hydrogen) atoms. The van der Waals surface area contributed by atoms with Crippen LogP contribution in [0.25, 0.3) is 0 Å². The van der Waals surface area contributed by atoms with Gasteiger partial charge in [-0.15, -0.1) is 0 Å². The van der Waals surface area contributed by atoms with Gasteiger partial charge in [0.1, 0.15) is 6.61 Å². The lowest BCUT2D eigenvalue weighted by atomic mass is 9.93. The number of benzene rings is 1. The van der Waals surface area contributed by atoms with Gasteiger partial charge in [0.05, 0.1) is 10.7 Å². The number of hydrogen-bond donors (Lipinski definition) is 1. The SMILES string of the molecule is CC1NCCc2ccc3c(c21)O[C@@H](c1ccc(Cl)cn1)CO3. The summed E-state index contributed by atoms with van der Waals surface area (Å²) in [6.45, 7) is 3.62. The molecule has 4 nitrogen and oxygen atoms in total. The number of aromatic nitrogens is 1. The highest BCUT2D eigenvalue weighted by molar-refractivity contribution is 6.30. The first-order chi connectivity index (χ1) is 10.7. The summed E-state index contributed by atoms with van der Waals surface area (Å²) in [4.78, 5) is 4.35. The van der Waals surface area contributed by atoms with Crippen LogP contribution in [-0.4, -0.2) is 18.1 Å². The second-order valence-corrected chi connectivity index (χ2v) is 6.15. The van der Waals surface area contributed by atoms with E-state index in [9.17, 15) is 0 Å². The third-order valence-electron chi connectivity index (χ3n) is 4.26. The molecule has 0 bridgehead atoms. The van der Waals surface area contributed by atoms with Crippen LogP contribution < -0.4 is 14.8 Å². The van der Waals surface area contributed by atoms with Crippen molar-refractivity contribution < 1.29 is 9.47 Å². The van der Waals surface area contributed by atoms with Crippen molar-refractivity contribution in [3.05, 3.63) is 52.3 Å². The monoisotopic (exact) mass is 316 g/mol. The Morgan fingerprint density at radius 1 is 1.27 bits per heavy atom. The fourth-order valence-electron chi connectivity index (χ4n) is 3.14. The standard InChI is InChI=1S/C17H17ClN2O2/c1-10-16-11(6-7-19-10)2-5-14-17(16)22-15(9-21-14)13-4-3-12(18)8-20-13/h2-5,8,10,15,19H,6-7,9H2,1H3/t10?,15-/m1/s1. The smallest absolute Gasteiger partial charge is 0.174 e. The maximum absolute atomic E-state index is 6.26. The Morgan fingerprint density at radius 2 is 2.18 bits per heavy atom. The highest BCUT2D eigenvalue weighted by atomic mass is 35.5. The second kappa shape index (κ2) is 5.45. The summed E-state index contributed by atoms with van der Waals surface area (Å²) >= 11 is 5.90. The van der Waals surface area contributed by atoms with Crippen molar-refractivity contribution in [1.82, 2.24) is 10.3 Å². The number of nitrogens with zero attached hydrogens (tertiary/aromatic N) is 1. The summed E-state index contributed by atoms with van der Waals surface area (Å²) in [5.74, 6) is 1.67. The average Bonchev–Trinajstić information content (AvgIpc) is 2.55. The predicted octanol–water partition coefficient (Wildman–Crippen LogP) is 3.45. The van der Waals surface area contributed by atoms with Crippen LogP contribution in [0.3, 0.4) is 0 Å². The molecule has 0 fully saturated rings. The van der Waals surface area contributed by atoms with Crippen molar-refractivity contribution in [1.29, 1.82) is 0 Å². The number of fused-ring (bicyclic) bond motifs is 3. The Kier molecular flexibility index (Phi) is 3.43. The maximum atomic E-state index is 6.26. The van der Waals surface area contributed by atoms with Gasteiger partial charge in [0.2, 0.25) is 0 Å². The van der Waals surface area contributed by atoms with E-state index in [1.54, 1.807) is 6.20 Å². The molecule has 1 aromatic heterocycles. The Hall–Kier alpha value is -1.78. The Labute approximate surface area is 134 Å². The summed E-state index contributed by atoms with van der Waals surface area (Å²) in [6, 6.07) is 8.14. The van der Waals surface area contributed by atoms with Crippen LogP contribution >= 0.6 is 11.6 Å². The van der Waals surface area contributed by atoms with Gasteiger partial charge in [0.25, 0.3) is 0 Å². The normalized spacial score (nSPS) is 23.0. The Bertz CT molecular complexity index is 703. The van der Waals surface area contributed by atoms with Crippen molar-refractivity contribution in [2.24, 2.45) is 0 Å². The predicted molar refractivity (Wildman–Crippen MR) is 84.7 cm³/mol. The Balaban J connectivity index is 1.71. The van der Waals surface area contributed by atoms with Crippen molar-refractivity contribution in [3.63, 3.8) is 0 Å². The number of pyridine rings is 1. The topological polar surface area (TPSA) is 43.4 Å². The zero-order valence-electron chi connectivity index (χ0n) is 12.3. The van der Waals surface area contributed by atoms with Crippen molar-refractivity contribution in [3.8, 4) is 11.5 Å². The number of hydrogen-bond acceptors (Lipinski definition) is 4. The molecule has 1 aromatic carbocycles. The molecule has 2 aliphatic rings. The van der Waals surface area contributed by atoms with E-state index in [0.717, 1.165) is 30.2 Å². The summed E-state index contributed by atoms with van der Waals surface area (Å²) < 4.78 is 12.2. The molecule has 0 saturated heterocycles. The van der Waals surface area contributed by atoms with Gasteiger partial charge in [-0.1, -0.05) is 17.7 Å². The molecule has 1 unspecified atom stereocenters. The average molecular weight is 317 g/mol. The summed E-state index contributed by atoms with van der Waals surface area (Å²) in [7, 11) is 0. The maximum Gasteiger partial charge on any atom is 0.174 e. The van der Waals surface area contributed by atoms with E-state index in [4.69, 9.17) is 21.1 Å². The van der Waals surface area contributed by atoms with E-state index in [1.807, 2.05) is 18.2 Å². The molecule has 0 amide bonds. The van der Waals surface area contributed by atoms with Crippen molar-refractivity contribution in [2.75, 3.05) is 13.2 Å².